The van der Waals surface area contributed by atoms with Crippen LogP contribution in [0, 0.1) is 0 Å². The van der Waals surface area contributed by atoms with Crippen molar-refractivity contribution in [2.45, 2.75) is 26.2 Å². The van der Waals surface area contributed by atoms with E-state index in [0.29, 0.717) is 5.82 Å². The van der Waals surface area contributed by atoms with Gasteiger partial charge in [-0.3, -0.25) is 0 Å². The van der Waals surface area contributed by atoms with Gasteiger partial charge in [-0.15, -0.1) is 0 Å². The fourth-order valence-electron chi connectivity index (χ4n) is 1.29. The molecule has 84 valence electrons. The van der Waals surface area contributed by atoms with Crippen LogP contribution in [0.5, 0.6) is 0 Å². The fourth-order valence-corrected chi connectivity index (χ4v) is 1.29. The summed E-state index contributed by atoms with van der Waals surface area (Å²) < 4.78 is 1.44. The second-order valence-corrected chi connectivity index (χ2v) is 4.53. The minimum atomic E-state index is -1.10. The van der Waals surface area contributed by atoms with Crippen molar-refractivity contribution in [2.24, 2.45) is 0 Å². The molecule has 2 aromatic heterocycles. The van der Waals surface area contributed by atoms with Crippen LogP contribution in [0.1, 0.15) is 37.1 Å². The van der Waals surface area contributed by atoms with Crippen LogP contribution in [-0.4, -0.2) is 30.7 Å². The SMILES string of the molecule is CC(C)(C)c1nc2c(C(=O)O)nccn2n1. The Morgan fingerprint density at radius 3 is 2.69 bits per heavy atom. The smallest absolute Gasteiger partial charge is 0.358 e. The van der Waals surface area contributed by atoms with Gasteiger partial charge in [-0.1, -0.05) is 20.8 Å². The molecule has 2 heterocycles. The highest BCUT2D eigenvalue weighted by Crippen LogP contribution is 2.19. The van der Waals surface area contributed by atoms with Gasteiger partial charge in [0, 0.05) is 17.8 Å². The summed E-state index contributed by atoms with van der Waals surface area (Å²) in [5.41, 5.74) is -0.0210. The molecule has 0 aliphatic heterocycles. The number of nitrogens with zero attached hydrogens (tertiary/aromatic N) is 4. The molecular weight excluding hydrogens is 208 g/mol. The average Bonchev–Trinajstić information content (AvgIpc) is 2.59. The Kier molecular flexibility index (Phi) is 2.15. The molecule has 0 saturated carbocycles. The zero-order chi connectivity index (χ0) is 11.9. The van der Waals surface area contributed by atoms with Gasteiger partial charge in [0.2, 0.25) is 0 Å². The van der Waals surface area contributed by atoms with Crippen LogP contribution in [-0.2, 0) is 5.41 Å². The van der Waals surface area contributed by atoms with Crippen molar-refractivity contribution in [1.82, 2.24) is 19.6 Å². The van der Waals surface area contributed by atoms with E-state index in [9.17, 15) is 4.79 Å². The lowest BCUT2D eigenvalue weighted by molar-refractivity contribution is 0.0692. The standard InChI is InChI=1S/C10H12N4O2/c1-10(2,3)9-12-7-6(8(15)16)11-4-5-14(7)13-9/h4-5H,1-3H3,(H,15,16). The minimum absolute atomic E-state index is 0.0782. The van der Waals surface area contributed by atoms with Crippen molar-refractivity contribution >= 4 is 11.6 Å². The van der Waals surface area contributed by atoms with Crippen LogP contribution in [0.4, 0.5) is 0 Å². The summed E-state index contributed by atoms with van der Waals surface area (Å²) in [5.74, 6) is -0.499. The molecular formula is C10H12N4O2. The highest BCUT2D eigenvalue weighted by Gasteiger charge is 2.22. The van der Waals surface area contributed by atoms with Crippen molar-refractivity contribution in [1.29, 1.82) is 0 Å². The van der Waals surface area contributed by atoms with E-state index in [4.69, 9.17) is 5.11 Å². The van der Waals surface area contributed by atoms with E-state index in [1.165, 1.54) is 10.7 Å². The molecule has 0 aliphatic rings. The molecule has 2 rings (SSSR count). The summed E-state index contributed by atoms with van der Waals surface area (Å²) in [4.78, 5) is 18.9. The first-order valence-corrected chi connectivity index (χ1v) is 4.85. The quantitative estimate of drug-likeness (QED) is 0.778. The number of rotatable bonds is 1. The van der Waals surface area contributed by atoms with Crippen molar-refractivity contribution in [3.8, 4) is 0 Å². The normalized spacial score (nSPS) is 11.9. The highest BCUT2D eigenvalue weighted by molar-refractivity contribution is 5.91. The van der Waals surface area contributed by atoms with E-state index >= 15 is 0 Å². The Balaban J connectivity index is 2.71. The Morgan fingerprint density at radius 2 is 2.12 bits per heavy atom. The molecule has 0 aromatic carbocycles. The number of hydrogen-bond donors (Lipinski definition) is 1. The van der Waals surface area contributed by atoms with Gasteiger partial charge in [0.15, 0.2) is 17.2 Å². The molecule has 0 unspecified atom stereocenters. The molecule has 1 N–H and O–H groups in total. The molecule has 0 saturated heterocycles. The molecule has 0 amide bonds. The molecule has 0 atom stereocenters. The third-order valence-electron chi connectivity index (χ3n) is 2.13. The summed E-state index contributed by atoms with van der Waals surface area (Å²) in [7, 11) is 0. The number of carbonyl (C=O) groups is 1. The maximum absolute atomic E-state index is 10.9. The van der Waals surface area contributed by atoms with E-state index in [2.05, 4.69) is 15.1 Å². The fraction of sp³-hybridized carbons (Fsp3) is 0.400. The molecule has 0 fully saturated rings. The van der Waals surface area contributed by atoms with E-state index < -0.39 is 5.97 Å². The van der Waals surface area contributed by atoms with Crippen molar-refractivity contribution < 1.29 is 9.90 Å². The largest absolute Gasteiger partial charge is 0.476 e. The summed E-state index contributed by atoms with van der Waals surface area (Å²) in [6, 6.07) is 0. The van der Waals surface area contributed by atoms with Gasteiger partial charge in [-0.05, 0) is 0 Å². The van der Waals surface area contributed by atoms with Crippen LogP contribution >= 0.6 is 0 Å². The maximum atomic E-state index is 10.9. The molecule has 0 radical (unpaired) electrons. The lowest BCUT2D eigenvalue weighted by Crippen LogP contribution is -2.13. The van der Waals surface area contributed by atoms with Crippen molar-refractivity contribution in [3.05, 3.63) is 23.9 Å². The zero-order valence-electron chi connectivity index (χ0n) is 9.30. The van der Waals surface area contributed by atoms with Gasteiger partial charge in [0.05, 0.1) is 0 Å². The third-order valence-corrected chi connectivity index (χ3v) is 2.13. The van der Waals surface area contributed by atoms with Gasteiger partial charge < -0.3 is 5.11 Å². The van der Waals surface area contributed by atoms with E-state index in [0.717, 1.165) is 0 Å². The van der Waals surface area contributed by atoms with Gasteiger partial charge >= 0.3 is 5.97 Å². The van der Waals surface area contributed by atoms with Crippen LogP contribution in [0.25, 0.3) is 5.65 Å². The number of carboxylic acid groups (broad SMARTS) is 1. The Bertz CT molecular complexity index is 553. The summed E-state index contributed by atoms with van der Waals surface area (Å²) >= 11 is 0. The van der Waals surface area contributed by atoms with Crippen LogP contribution in [0.2, 0.25) is 0 Å². The first-order valence-electron chi connectivity index (χ1n) is 4.85. The van der Waals surface area contributed by atoms with Gasteiger partial charge in [-0.2, -0.15) is 5.10 Å². The highest BCUT2D eigenvalue weighted by atomic mass is 16.4. The predicted octanol–water partition coefficient (Wildman–Crippen LogP) is 1.12. The first-order chi connectivity index (χ1) is 7.39. The maximum Gasteiger partial charge on any atom is 0.358 e. The molecule has 16 heavy (non-hydrogen) atoms. The number of hydrogen-bond acceptors (Lipinski definition) is 4. The first kappa shape index (κ1) is 10.5. The predicted molar refractivity (Wildman–Crippen MR) is 56.4 cm³/mol. The van der Waals surface area contributed by atoms with Gasteiger partial charge in [0.1, 0.15) is 0 Å². The monoisotopic (exact) mass is 220 g/mol. The Hall–Kier alpha value is -1.98. The van der Waals surface area contributed by atoms with Gasteiger partial charge in [-0.25, -0.2) is 19.3 Å². The Morgan fingerprint density at radius 1 is 1.44 bits per heavy atom. The second-order valence-electron chi connectivity index (χ2n) is 4.53. The van der Waals surface area contributed by atoms with Crippen molar-refractivity contribution in [2.75, 3.05) is 0 Å². The van der Waals surface area contributed by atoms with Crippen LogP contribution < -0.4 is 0 Å². The average molecular weight is 220 g/mol. The summed E-state index contributed by atoms with van der Waals surface area (Å²) in [6.45, 7) is 5.90. The van der Waals surface area contributed by atoms with E-state index in [1.807, 2.05) is 20.8 Å². The number of carboxylic acids is 1. The summed E-state index contributed by atoms with van der Waals surface area (Å²) in [6.07, 6.45) is 2.99. The van der Waals surface area contributed by atoms with Crippen molar-refractivity contribution in [3.63, 3.8) is 0 Å². The minimum Gasteiger partial charge on any atom is -0.476 e. The lowest BCUT2D eigenvalue weighted by Gasteiger charge is -2.11. The van der Waals surface area contributed by atoms with Crippen LogP contribution in [0.3, 0.4) is 0 Å². The number of aromatic nitrogens is 4. The van der Waals surface area contributed by atoms with E-state index in [-0.39, 0.29) is 16.8 Å². The number of aromatic carboxylic acids is 1. The van der Waals surface area contributed by atoms with Gasteiger partial charge in [0.25, 0.3) is 0 Å². The molecule has 0 aliphatic carbocycles. The topological polar surface area (TPSA) is 80.4 Å². The molecule has 0 spiro atoms. The van der Waals surface area contributed by atoms with Crippen LogP contribution in [0.15, 0.2) is 12.4 Å². The second kappa shape index (κ2) is 3.26. The molecule has 2 aromatic rings. The number of fused-ring (bicyclic) bond motifs is 1. The lowest BCUT2D eigenvalue weighted by atomic mass is 9.96. The molecule has 0 bridgehead atoms. The third kappa shape index (κ3) is 1.62. The molecule has 6 heteroatoms. The van der Waals surface area contributed by atoms with E-state index in [1.54, 1.807) is 6.20 Å². The molecule has 6 nitrogen and oxygen atoms in total. The Labute approximate surface area is 92.0 Å². The summed E-state index contributed by atoms with van der Waals surface area (Å²) in [5, 5.41) is 13.2. The zero-order valence-corrected chi connectivity index (χ0v) is 9.30.